The lowest BCUT2D eigenvalue weighted by molar-refractivity contribution is 0.0509. The Hall–Kier alpha value is -2.25. The average molecular weight is 357 g/mol. The van der Waals surface area contributed by atoms with Crippen molar-refractivity contribution in [1.29, 1.82) is 0 Å². The number of hydrogen-bond donors (Lipinski definition) is 2. The zero-order valence-electron chi connectivity index (χ0n) is 15.5. The van der Waals surface area contributed by atoms with E-state index in [1.165, 1.54) is 0 Å². The predicted octanol–water partition coefficient (Wildman–Crippen LogP) is 1.58. The minimum Gasteiger partial charge on any atom is -0.384 e. The molecule has 7 heteroatoms. The summed E-state index contributed by atoms with van der Waals surface area (Å²) in [7, 11) is 1.71. The number of aromatic nitrogens is 3. The van der Waals surface area contributed by atoms with E-state index in [2.05, 4.69) is 20.7 Å². The summed E-state index contributed by atoms with van der Waals surface area (Å²) in [5.41, 5.74) is 0.885. The Bertz CT molecular complexity index is 717. The van der Waals surface area contributed by atoms with E-state index >= 15 is 0 Å². The number of carbonyl (C=O) groups excluding carboxylic acids is 1. The van der Waals surface area contributed by atoms with Crippen LogP contribution >= 0.6 is 0 Å². The van der Waals surface area contributed by atoms with Gasteiger partial charge in [-0.2, -0.15) is 0 Å². The zero-order valence-corrected chi connectivity index (χ0v) is 15.5. The van der Waals surface area contributed by atoms with E-state index in [9.17, 15) is 4.79 Å². The Morgan fingerprint density at radius 1 is 1.31 bits per heavy atom. The molecule has 0 saturated carbocycles. The van der Waals surface area contributed by atoms with Gasteiger partial charge in [-0.05, 0) is 38.1 Å². The maximum absolute atomic E-state index is 12.6. The smallest absolute Gasteiger partial charge is 0.291 e. The summed E-state index contributed by atoms with van der Waals surface area (Å²) in [5, 5.41) is 10.8. The summed E-state index contributed by atoms with van der Waals surface area (Å²) in [6.45, 7) is 5.11. The maximum atomic E-state index is 12.6. The molecule has 1 saturated heterocycles. The molecule has 3 rings (SSSR count). The van der Waals surface area contributed by atoms with E-state index < -0.39 is 0 Å². The van der Waals surface area contributed by atoms with Crippen LogP contribution in [0.1, 0.15) is 36.2 Å². The standard InChI is InChI=1S/C19H27N5O2/c1-3-16-22-17(23-24(16)15-7-5-4-6-8-15)18(25)21-13-19(14-26-2)9-11-20-12-10-19/h4-8,20H,3,9-14H2,1-2H3,(H,21,25). The van der Waals surface area contributed by atoms with Gasteiger partial charge in [0.15, 0.2) is 0 Å². The Balaban J connectivity index is 1.73. The fourth-order valence-electron chi connectivity index (χ4n) is 3.43. The minimum atomic E-state index is -0.233. The van der Waals surface area contributed by atoms with Gasteiger partial charge in [0.25, 0.3) is 5.91 Å². The lowest BCUT2D eigenvalue weighted by Gasteiger charge is -2.37. The van der Waals surface area contributed by atoms with Crippen LogP contribution in [0, 0.1) is 5.41 Å². The van der Waals surface area contributed by atoms with Gasteiger partial charge in [-0.3, -0.25) is 4.79 Å². The molecule has 0 spiro atoms. The van der Waals surface area contributed by atoms with Crippen LogP contribution < -0.4 is 10.6 Å². The number of para-hydroxylation sites is 1. The van der Waals surface area contributed by atoms with E-state index in [1.807, 2.05) is 37.3 Å². The molecule has 2 heterocycles. The maximum Gasteiger partial charge on any atom is 0.291 e. The van der Waals surface area contributed by atoms with Crippen LogP contribution in [0.3, 0.4) is 0 Å². The first-order valence-electron chi connectivity index (χ1n) is 9.17. The fourth-order valence-corrected chi connectivity index (χ4v) is 3.43. The van der Waals surface area contributed by atoms with E-state index in [0.29, 0.717) is 19.6 Å². The van der Waals surface area contributed by atoms with Crippen molar-refractivity contribution in [3.05, 3.63) is 42.0 Å². The van der Waals surface area contributed by atoms with E-state index in [0.717, 1.165) is 37.4 Å². The average Bonchev–Trinajstić information content (AvgIpc) is 3.12. The van der Waals surface area contributed by atoms with Crippen molar-refractivity contribution in [2.75, 3.05) is 33.4 Å². The van der Waals surface area contributed by atoms with Gasteiger partial charge in [0.05, 0.1) is 12.3 Å². The topological polar surface area (TPSA) is 81.1 Å². The van der Waals surface area contributed by atoms with Gasteiger partial charge in [0, 0.05) is 25.5 Å². The highest BCUT2D eigenvalue weighted by molar-refractivity contribution is 5.90. The third-order valence-electron chi connectivity index (χ3n) is 4.93. The number of carbonyl (C=O) groups is 1. The highest BCUT2D eigenvalue weighted by Crippen LogP contribution is 2.28. The molecule has 0 unspecified atom stereocenters. The highest BCUT2D eigenvalue weighted by atomic mass is 16.5. The second-order valence-corrected chi connectivity index (χ2v) is 6.82. The third-order valence-corrected chi connectivity index (χ3v) is 4.93. The van der Waals surface area contributed by atoms with Gasteiger partial charge in [-0.25, -0.2) is 9.67 Å². The van der Waals surface area contributed by atoms with Crippen molar-refractivity contribution in [3.8, 4) is 5.69 Å². The Morgan fingerprint density at radius 2 is 2.04 bits per heavy atom. The number of nitrogens with zero attached hydrogens (tertiary/aromatic N) is 3. The number of aryl methyl sites for hydroxylation is 1. The summed E-state index contributed by atoms with van der Waals surface area (Å²) < 4.78 is 7.15. The lowest BCUT2D eigenvalue weighted by atomic mass is 9.79. The van der Waals surface area contributed by atoms with E-state index in [1.54, 1.807) is 11.8 Å². The van der Waals surface area contributed by atoms with Crippen molar-refractivity contribution in [1.82, 2.24) is 25.4 Å². The lowest BCUT2D eigenvalue weighted by Crippen LogP contribution is -2.47. The molecule has 2 aromatic rings. The first-order chi connectivity index (χ1) is 12.7. The van der Waals surface area contributed by atoms with Gasteiger partial charge < -0.3 is 15.4 Å². The molecule has 0 radical (unpaired) electrons. The molecule has 140 valence electrons. The monoisotopic (exact) mass is 357 g/mol. The second kappa shape index (κ2) is 8.42. The molecule has 2 N–H and O–H groups in total. The van der Waals surface area contributed by atoms with E-state index in [4.69, 9.17) is 4.74 Å². The largest absolute Gasteiger partial charge is 0.384 e. The van der Waals surface area contributed by atoms with Crippen LogP contribution in [0.5, 0.6) is 0 Å². The molecule has 0 atom stereocenters. The summed E-state index contributed by atoms with van der Waals surface area (Å²) in [6, 6.07) is 9.76. The fraction of sp³-hybridized carbons (Fsp3) is 0.526. The number of hydrogen-bond acceptors (Lipinski definition) is 5. The first-order valence-corrected chi connectivity index (χ1v) is 9.17. The Kier molecular flexibility index (Phi) is 6.00. The zero-order chi connectivity index (χ0) is 18.4. The summed E-state index contributed by atoms with van der Waals surface area (Å²) >= 11 is 0. The number of rotatable bonds is 7. The molecule has 26 heavy (non-hydrogen) atoms. The second-order valence-electron chi connectivity index (χ2n) is 6.82. The van der Waals surface area contributed by atoms with Crippen LogP contribution in [0.2, 0.25) is 0 Å². The van der Waals surface area contributed by atoms with Crippen LogP contribution in [-0.4, -0.2) is 54.0 Å². The summed E-state index contributed by atoms with van der Waals surface area (Å²) in [6.07, 6.45) is 2.66. The van der Waals surface area contributed by atoms with E-state index in [-0.39, 0.29) is 17.1 Å². The Morgan fingerprint density at radius 3 is 2.69 bits per heavy atom. The van der Waals surface area contributed by atoms with Crippen molar-refractivity contribution >= 4 is 5.91 Å². The molecule has 1 aliphatic heterocycles. The minimum absolute atomic E-state index is 0.0226. The molecule has 7 nitrogen and oxygen atoms in total. The molecule has 1 aromatic carbocycles. The molecule has 0 bridgehead atoms. The third kappa shape index (κ3) is 4.11. The molecular formula is C19H27N5O2. The van der Waals surface area contributed by atoms with Gasteiger partial charge in [-0.15, -0.1) is 5.10 Å². The number of benzene rings is 1. The number of nitrogens with one attached hydrogen (secondary N) is 2. The molecule has 1 fully saturated rings. The number of amides is 1. The van der Waals surface area contributed by atoms with Crippen molar-refractivity contribution in [2.45, 2.75) is 26.2 Å². The quantitative estimate of drug-likeness (QED) is 0.786. The molecule has 1 aliphatic rings. The van der Waals surface area contributed by atoms with Gasteiger partial charge in [-0.1, -0.05) is 25.1 Å². The van der Waals surface area contributed by atoms with Gasteiger partial charge >= 0.3 is 0 Å². The first kappa shape index (κ1) is 18.5. The summed E-state index contributed by atoms with van der Waals surface area (Å²) in [5.74, 6) is 0.755. The van der Waals surface area contributed by atoms with Crippen molar-refractivity contribution in [3.63, 3.8) is 0 Å². The Labute approximate surface area is 154 Å². The normalized spacial score (nSPS) is 16.4. The van der Waals surface area contributed by atoms with Crippen LogP contribution in [0.15, 0.2) is 30.3 Å². The van der Waals surface area contributed by atoms with Gasteiger partial charge in [0.1, 0.15) is 5.82 Å². The van der Waals surface area contributed by atoms with Gasteiger partial charge in [0.2, 0.25) is 5.82 Å². The predicted molar refractivity (Wildman–Crippen MR) is 99.5 cm³/mol. The number of ether oxygens (including phenoxy) is 1. The molecule has 1 amide bonds. The van der Waals surface area contributed by atoms with Crippen LogP contribution in [0.25, 0.3) is 5.69 Å². The SMILES string of the molecule is CCc1nc(C(=O)NCC2(COC)CCNCC2)nn1-c1ccccc1. The summed E-state index contributed by atoms with van der Waals surface area (Å²) in [4.78, 5) is 17.1. The van der Waals surface area contributed by atoms with Crippen molar-refractivity contribution in [2.24, 2.45) is 5.41 Å². The molecular weight excluding hydrogens is 330 g/mol. The van der Waals surface area contributed by atoms with Crippen molar-refractivity contribution < 1.29 is 9.53 Å². The molecule has 1 aromatic heterocycles. The molecule has 0 aliphatic carbocycles. The number of piperidine rings is 1. The van der Waals surface area contributed by atoms with Crippen LogP contribution in [-0.2, 0) is 11.2 Å². The van der Waals surface area contributed by atoms with Crippen LogP contribution in [0.4, 0.5) is 0 Å². The number of methoxy groups -OCH3 is 1. The highest BCUT2D eigenvalue weighted by Gasteiger charge is 2.33.